The first kappa shape index (κ1) is 19.7. The van der Waals surface area contributed by atoms with Gasteiger partial charge in [-0.15, -0.1) is 0 Å². The lowest BCUT2D eigenvalue weighted by molar-refractivity contribution is -0.130. The normalized spacial score (nSPS) is 13.5. The smallest absolute Gasteiger partial charge is 0.246 e. The van der Waals surface area contributed by atoms with Gasteiger partial charge >= 0.3 is 0 Å². The third-order valence-electron chi connectivity index (χ3n) is 4.54. The maximum Gasteiger partial charge on any atom is 0.246 e. The minimum absolute atomic E-state index is 0.125. The molecule has 7 heteroatoms. The van der Waals surface area contributed by atoms with Gasteiger partial charge in [0.2, 0.25) is 5.91 Å². The first-order valence-corrected chi connectivity index (χ1v) is 8.57. The van der Waals surface area contributed by atoms with E-state index in [4.69, 9.17) is 5.21 Å². The second-order valence-corrected chi connectivity index (χ2v) is 7.04. The number of benzene rings is 1. The van der Waals surface area contributed by atoms with Crippen LogP contribution in [0.1, 0.15) is 31.4 Å². The number of aryl methyl sites for hydroxylation is 1. The van der Waals surface area contributed by atoms with Crippen LogP contribution in [0.5, 0.6) is 11.8 Å². The zero-order valence-electron chi connectivity index (χ0n) is 15.6. The van der Waals surface area contributed by atoms with Crippen molar-refractivity contribution in [2.75, 3.05) is 12.5 Å². The van der Waals surface area contributed by atoms with Crippen LogP contribution in [0, 0.1) is 12.8 Å². The van der Waals surface area contributed by atoms with Crippen LogP contribution in [0.3, 0.4) is 0 Å². The summed E-state index contributed by atoms with van der Waals surface area (Å²) in [5.74, 6) is -0.442. The van der Waals surface area contributed by atoms with Gasteiger partial charge in [0.25, 0.3) is 0 Å². The molecular formula is C19H27N3O4. The highest BCUT2D eigenvalue weighted by atomic mass is 16.5. The fraction of sp³-hybridized carbons (Fsp3) is 0.421. The second-order valence-electron chi connectivity index (χ2n) is 7.04. The predicted octanol–water partition coefficient (Wildman–Crippen LogP) is 2.74. The van der Waals surface area contributed by atoms with Gasteiger partial charge < -0.3 is 15.5 Å². The fourth-order valence-corrected chi connectivity index (χ4v) is 3.49. The lowest BCUT2D eigenvalue weighted by Gasteiger charge is -2.36. The van der Waals surface area contributed by atoms with Gasteiger partial charge in [0.05, 0.1) is 5.69 Å². The summed E-state index contributed by atoms with van der Waals surface area (Å²) in [5, 5.41) is 32.7. The van der Waals surface area contributed by atoms with Crippen molar-refractivity contribution in [3.8, 4) is 11.8 Å². The highest BCUT2D eigenvalue weighted by Gasteiger charge is 2.43. The Hall–Kier alpha value is -2.67. The summed E-state index contributed by atoms with van der Waals surface area (Å²) in [7, 11) is 1.54. The van der Waals surface area contributed by atoms with Crippen molar-refractivity contribution in [2.24, 2.45) is 5.92 Å². The fourth-order valence-electron chi connectivity index (χ4n) is 3.49. The van der Waals surface area contributed by atoms with E-state index in [0.29, 0.717) is 17.7 Å². The number of nitrogens with one attached hydrogen (secondary N) is 2. The average molecular weight is 361 g/mol. The van der Waals surface area contributed by atoms with Crippen LogP contribution in [0.25, 0.3) is 0 Å². The maximum atomic E-state index is 13.0. The molecule has 0 fully saturated rings. The van der Waals surface area contributed by atoms with Gasteiger partial charge in [-0.25, -0.2) is 0 Å². The van der Waals surface area contributed by atoms with E-state index in [-0.39, 0.29) is 30.0 Å². The quantitative estimate of drug-likeness (QED) is 0.488. The largest absolute Gasteiger partial charge is 0.494 e. The number of amides is 1. The molecule has 0 bridgehead atoms. The van der Waals surface area contributed by atoms with E-state index in [1.807, 2.05) is 13.8 Å². The maximum absolute atomic E-state index is 13.0. The lowest BCUT2D eigenvalue weighted by atomic mass is 9.81. The van der Waals surface area contributed by atoms with Gasteiger partial charge in [0.15, 0.2) is 11.8 Å². The standard InChI is InChI=1S/C19H27N3O4/c1-12(2)10-19(18(25)20-4,22-16(23)9-13(3)17(22)24)11-14-5-7-15(21-26)8-6-14/h5-9,12,21,23-24,26H,10-11H2,1-4H3,(H,20,25)/t19-/m0/s1. The van der Waals surface area contributed by atoms with E-state index in [1.165, 1.54) is 10.6 Å². The zero-order chi connectivity index (χ0) is 19.5. The van der Waals surface area contributed by atoms with Crippen LogP contribution in [0.4, 0.5) is 5.69 Å². The highest BCUT2D eigenvalue weighted by Crippen LogP contribution is 2.40. The van der Waals surface area contributed by atoms with Crippen molar-refractivity contribution < 1.29 is 20.2 Å². The summed E-state index contributed by atoms with van der Waals surface area (Å²) >= 11 is 0. The van der Waals surface area contributed by atoms with E-state index in [0.717, 1.165) is 5.56 Å². The van der Waals surface area contributed by atoms with Gasteiger partial charge in [0, 0.05) is 25.1 Å². The minimum Gasteiger partial charge on any atom is -0.494 e. The van der Waals surface area contributed by atoms with Crippen LogP contribution < -0.4 is 10.8 Å². The van der Waals surface area contributed by atoms with E-state index in [1.54, 1.807) is 38.2 Å². The molecular weight excluding hydrogens is 334 g/mol. The number of rotatable bonds is 7. The number of likely N-dealkylation sites (N-methyl/N-ethyl adjacent to an activating group) is 1. The number of aromatic nitrogens is 1. The Kier molecular flexibility index (Phi) is 5.82. The zero-order valence-corrected chi connectivity index (χ0v) is 15.6. The first-order chi connectivity index (χ1) is 12.2. The topological polar surface area (TPSA) is 107 Å². The number of carbonyl (C=O) groups is 1. The molecule has 0 aliphatic heterocycles. The van der Waals surface area contributed by atoms with E-state index < -0.39 is 5.54 Å². The molecule has 0 aliphatic carbocycles. The molecule has 142 valence electrons. The molecule has 0 saturated heterocycles. The number of nitrogens with zero attached hydrogens (tertiary/aromatic N) is 1. The third-order valence-corrected chi connectivity index (χ3v) is 4.54. The Bertz CT molecular complexity index is 768. The molecule has 1 aromatic carbocycles. The molecule has 0 radical (unpaired) electrons. The average Bonchev–Trinajstić information content (AvgIpc) is 2.86. The number of aromatic hydroxyl groups is 2. The number of anilines is 1. The Morgan fingerprint density at radius 2 is 1.85 bits per heavy atom. The van der Waals surface area contributed by atoms with Crippen molar-refractivity contribution in [3.63, 3.8) is 0 Å². The lowest BCUT2D eigenvalue weighted by Crippen LogP contribution is -2.50. The number of hydrogen-bond donors (Lipinski definition) is 5. The Labute approximate surface area is 153 Å². The van der Waals surface area contributed by atoms with Crippen LogP contribution in [0.15, 0.2) is 30.3 Å². The molecule has 1 heterocycles. The Morgan fingerprint density at radius 3 is 2.27 bits per heavy atom. The van der Waals surface area contributed by atoms with Crippen molar-refractivity contribution in [2.45, 2.75) is 39.2 Å². The Morgan fingerprint density at radius 1 is 1.23 bits per heavy atom. The van der Waals surface area contributed by atoms with E-state index in [2.05, 4.69) is 10.8 Å². The molecule has 2 rings (SSSR count). The van der Waals surface area contributed by atoms with Crippen LogP contribution in [-0.2, 0) is 16.8 Å². The van der Waals surface area contributed by atoms with Gasteiger partial charge in [-0.1, -0.05) is 26.0 Å². The van der Waals surface area contributed by atoms with E-state index >= 15 is 0 Å². The molecule has 1 amide bonds. The van der Waals surface area contributed by atoms with E-state index in [9.17, 15) is 15.0 Å². The first-order valence-electron chi connectivity index (χ1n) is 8.57. The molecule has 7 nitrogen and oxygen atoms in total. The Balaban J connectivity index is 2.63. The van der Waals surface area contributed by atoms with Gasteiger partial charge in [-0.05, 0) is 37.0 Å². The molecule has 0 aliphatic rings. The summed E-state index contributed by atoms with van der Waals surface area (Å²) in [5.41, 5.74) is 2.74. The van der Waals surface area contributed by atoms with Gasteiger partial charge in [0.1, 0.15) is 5.54 Å². The number of carbonyl (C=O) groups excluding carboxylic acids is 1. The molecule has 26 heavy (non-hydrogen) atoms. The molecule has 2 aromatic rings. The van der Waals surface area contributed by atoms with Crippen LogP contribution in [-0.4, -0.2) is 32.9 Å². The number of hydrogen-bond acceptors (Lipinski definition) is 5. The molecule has 0 saturated carbocycles. The molecule has 5 N–H and O–H groups in total. The van der Waals surface area contributed by atoms with Crippen LogP contribution >= 0.6 is 0 Å². The predicted molar refractivity (Wildman–Crippen MR) is 99.5 cm³/mol. The SMILES string of the molecule is CNC(=O)[C@@](Cc1ccc(NO)cc1)(CC(C)C)n1c(O)cc(C)c1O. The van der Waals surface area contributed by atoms with Crippen molar-refractivity contribution in [1.82, 2.24) is 9.88 Å². The minimum atomic E-state index is -1.19. The monoisotopic (exact) mass is 361 g/mol. The highest BCUT2D eigenvalue weighted by molar-refractivity contribution is 5.85. The summed E-state index contributed by atoms with van der Waals surface area (Å²) in [6.45, 7) is 5.65. The molecule has 0 unspecified atom stereocenters. The second kappa shape index (κ2) is 7.70. The summed E-state index contributed by atoms with van der Waals surface area (Å²) in [4.78, 5) is 13.0. The van der Waals surface area contributed by atoms with Crippen molar-refractivity contribution >= 4 is 11.6 Å². The summed E-state index contributed by atoms with van der Waals surface area (Å²) in [6.07, 6.45) is 0.688. The summed E-state index contributed by atoms with van der Waals surface area (Å²) < 4.78 is 1.32. The van der Waals surface area contributed by atoms with Gasteiger partial charge in [-0.3, -0.25) is 20.0 Å². The van der Waals surface area contributed by atoms with Crippen molar-refractivity contribution in [1.29, 1.82) is 0 Å². The summed E-state index contributed by atoms with van der Waals surface area (Å²) in [6, 6.07) is 8.42. The molecule has 0 spiro atoms. The third kappa shape index (κ3) is 3.62. The molecule has 1 atom stereocenters. The molecule has 1 aromatic heterocycles. The van der Waals surface area contributed by atoms with Crippen LogP contribution in [0.2, 0.25) is 0 Å². The van der Waals surface area contributed by atoms with Gasteiger partial charge in [-0.2, -0.15) is 0 Å². The van der Waals surface area contributed by atoms with Crippen molar-refractivity contribution in [3.05, 3.63) is 41.5 Å².